The number of para-hydroxylation sites is 2. The maximum Gasteiger partial charge on any atom is 0.235 e. The van der Waals surface area contributed by atoms with Crippen LogP contribution in [0.25, 0.3) is 0 Å². The van der Waals surface area contributed by atoms with Crippen LogP contribution >= 0.6 is 23.4 Å². The molecule has 1 N–H and O–H groups in total. The number of thioether (sulfide) groups is 1. The minimum Gasteiger partial charge on any atom is -0.313 e. The molecule has 30 heavy (non-hydrogen) atoms. The van der Waals surface area contributed by atoms with Gasteiger partial charge < -0.3 is 5.32 Å². The van der Waals surface area contributed by atoms with Crippen molar-refractivity contribution in [2.45, 2.75) is 18.0 Å². The molecule has 6 nitrogen and oxygen atoms in total. The minimum absolute atomic E-state index is 0.175. The van der Waals surface area contributed by atoms with Gasteiger partial charge >= 0.3 is 0 Å². The summed E-state index contributed by atoms with van der Waals surface area (Å²) < 4.78 is 0. The normalized spacial score (nSPS) is 15.5. The molecule has 0 aliphatic carbocycles. The topological polar surface area (TPSA) is 79.6 Å². The monoisotopic (exact) mass is 435 g/mol. The van der Waals surface area contributed by atoms with Gasteiger partial charge in [0.15, 0.2) is 5.16 Å². The zero-order chi connectivity index (χ0) is 20.9. The molecule has 1 aliphatic heterocycles. The maximum atomic E-state index is 12.7. The fraction of sp³-hybridized carbons (Fsp3) is 0.136. The van der Waals surface area contributed by atoms with Gasteiger partial charge in [-0.05, 0) is 42.8 Å². The van der Waals surface area contributed by atoms with E-state index in [1.54, 1.807) is 18.5 Å². The van der Waals surface area contributed by atoms with Crippen LogP contribution in [0.4, 0.5) is 11.4 Å². The third-order valence-electron chi connectivity index (χ3n) is 4.46. The van der Waals surface area contributed by atoms with Crippen molar-refractivity contribution in [3.05, 3.63) is 77.6 Å². The number of amides is 1. The Labute approximate surface area is 183 Å². The third-order valence-corrected chi connectivity index (χ3v) is 5.58. The second kappa shape index (κ2) is 9.19. The van der Waals surface area contributed by atoms with Crippen LogP contribution in [-0.4, -0.2) is 33.2 Å². The lowest BCUT2D eigenvalue weighted by atomic mass is 9.93. The molecular weight excluding hydrogens is 418 g/mol. The van der Waals surface area contributed by atoms with Crippen molar-refractivity contribution in [1.29, 1.82) is 0 Å². The van der Waals surface area contributed by atoms with Crippen LogP contribution in [0.5, 0.6) is 0 Å². The first kappa shape index (κ1) is 20.3. The molecule has 2 heterocycles. The summed E-state index contributed by atoms with van der Waals surface area (Å²) in [5.74, 6) is 0.228. The largest absolute Gasteiger partial charge is 0.313 e. The van der Waals surface area contributed by atoms with Gasteiger partial charge in [-0.15, -0.1) is 0 Å². The van der Waals surface area contributed by atoms with Crippen LogP contribution in [0.2, 0.25) is 5.02 Å². The van der Waals surface area contributed by atoms with E-state index in [-0.39, 0.29) is 17.6 Å². The average molecular weight is 436 g/mol. The number of carbonyl (C=O) groups is 1. The number of halogens is 1. The quantitative estimate of drug-likeness (QED) is 0.464. The van der Waals surface area contributed by atoms with Crippen molar-refractivity contribution in [3.63, 3.8) is 0 Å². The van der Waals surface area contributed by atoms with Gasteiger partial charge in [0, 0.05) is 23.1 Å². The summed E-state index contributed by atoms with van der Waals surface area (Å²) >= 11 is 7.34. The number of hydrogen-bond acceptors (Lipinski definition) is 6. The van der Waals surface area contributed by atoms with Crippen LogP contribution in [-0.2, 0) is 4.79 Å². The summed E-state index contributed by atoms with van der Waals surface area (Å²) in [5.41, 5.74) is 3.26. The van der Waals surface area contributed by atoms with E-state index in [0.29, 0.717) is 21.7 Å². The van der Waals surface area contributed by atoms with E-state index >= 15 is 0 Å². The fourth-order valence-corrected chi connectivity index (χ4v) is 3.85. The molecule has 4 rings (SSSR count). The lowest BCUT2D eigenvalue weighted by Gasteiger charge is -2.19. The van der Waals surface area contributed by atoms with Gasteiger partial charge in [-0.2, -0.15) is 0 Å². The molecule has 0 fully saturated rings. The molecule has 2 aromatic carbocycles. The highest BCUT2D eigenvalue weighted by atomic mass is 35.5. The molecule has 1 amide bonds. The predicted octanol–water partition coefficient (Wildman–Crippen LogP) is 4.96. The Morgan fingerprint density at radius 1 is 1.00 bits per heavy atom. The molecule has 1 atom stereocenters. The van der Waals surface area contributed by atoms with E-state index in [9.17, 15) is 4.79 Å². The molecular formula is C22H18ClN5OS. The smallest absolute Gasteiger partial charge is 0.235 e. The van der Waals surface area contributed by atoms with Gasteiger partial charge in [0.05, 0.1) is 23.0 Å². The number of carbonyl (C=O) groups excluding carboxylic acids is 1. The Morgan fingerprint density at radius 3 is 2.37 bits per heavy atom. The zero-order valence-electron chi connectivity index (χ0n) is 16.1. The highest BCUT2D eigenvalue weighted by Gasteiger charge is 2.26. The first-order valence-corrected chi connectivity index (χ1v) is 10.6. The van der Waals surface area contributed by atoms with Crippen LogP contribution in [0.1, 0.15) is 18.4 Å². The third kappa shape index (κ3) is 4.75. The Balaban J connectivity index is 1.64. The van der Waals surface area contributed by atoms with Crippen molar-refractivity contribution in [2.24, 2.45) is 9.98 Å². The number of hydrogen-bond donors (Lipinski definition) is 1. The molecule has 8 heteroatoms. The van der Waals surface area contributed by atoms with Gasteiger partial charge in [-0.25, -0.2) is 15.0 Å². The number of nitrogens with zero attached hydrogens (tertiary/aromatic N) is 4. The molecule has 1 aromatic heterocycles. The average Bonchev–Trinajstić information content (AvgIpc) is 2.89. The molecule has 0 radical (unpaired) electrons. The van der Waals surface area contributed by atoms with Crippen LogP contribution < -0.4 is 5.32 Å². The van der Waals surface area contributed by atoms with Crippen molar-refractivity contribution in [1.82, 2.24) is 15.3 Å². The standard InChI is InChI=1S/C22H18ClN5OS/c1-14-20(15-7-9-16(23)10-8-15)21(27-18-6-3-2-5-17(18)26-14)28-19(29)13-30-22-24-11-4-12-25-22/h2-12,20H,13H2,1H3,(H,27,28,29). The van der Waals surface area contributed by atoms with Crippen LogP contribution in [0.15, 0.2) is 82.1 Å². The van der Waals surface area contributed by atoms with Gasteiger partial charge in [0.1, 0.15) is 5.84 Å². The van der Waals surface area contributed by atoms with Gasteiger partial charge in [-0.3, -0.25) is 9.79 Å². The van der Waals surface area contributed by atoms with Crippen molar-refractivity contribution < 1.29 is 4.79 Å². The molecule has 1 unspecified atom stereocenters. The molecule has 1 aliphatic rings. The molecule has 3 aromatic rings. The number of aromatic nitrogens is 2. The van der Waals surface area contributed by atoms with E-state index in [4.69, 9.17) is 21.6 Å². The number of nitrogens with one attached hydrogen (secondary N) is 1. The van der Waals surface area contributed by atoms with Gasteiger partial charge in [0.25, 0.3) is 0 Å². The summed E-state index contributed by atoms with van der Waals surface area (Å²) in [6.45, 7) is 1.94. The highest BCUT2D eigenvalue weighted by molar-refractivity contribution is 7.99. The summed E-state index contributed by atoms with van der Waals surface area (Å²) in [4.78, 5) is 30.5. The highest BCUT2D eigenvalue weighted by Crippen LogP contribution is 2.34. The van der Waals surface area contributed by atoms with Crippen molar-refractivity contribution in [2.75, 3.05) is 5.75 Å². The van der Waals surface area contributed by atoms with Crippen LogP contribution in [0, 0.1) is 0 Å². The zero-order valence-corrected chi connectivity index (χ0v) is 17.7. The summed E-state index contributed by atoms with van der Waals surface area (Å²) in [6.07, 6.45) is 3.30. The number of fused-ring (bicyclic) bond motifs is 1. The predicted molar refractivity (Wildman–Crippen MR) is 121 cm³/mol. The van der Waals surface area contributed by atoms with E-state index in [0.717, 1.165) is 17.0 Å². The maximum absolute atomic E-state index is 12.7. The van der Waals surface area contributed by atoms with E-state index < -0.39 is 0 Å². The second-order valence-corrected chi connectivity index (χ2v) is 7.97. The van der Waals surface area contributed by atoms with Crippen LogP contribution in [0.3, 0.4) is 0 Å². The number of rotatable bonds is 4. The molecule has 0 saturated carbocycles. The summed E-state index contributed by atoms with van der Waals surface area (Å²) in [7, 11) is 0. The van der Waals surface area contributed by atoms with E-state index in [1.807, 2.05) is 55.5 Å². The lowest BCUT2D eigenvalue weighted by Crippen LogP contribution is -2.38. The Kier molecular flexibility index (Phi) is 6.21. The van der Waals surface area contributed by atoms with E-state index in [1.165, 1.54) is 11.8 Å². The Hall–Kier alpha value is -3.03. The second-order valence-electron chi connectivity index (χ2n) is 6.59. The molecule has 150 valence electrons. The Morgan fingerprint density at radius 2 is 1.67 bits per heavy atom. The molecule has 0 saturated heterocycles. The molecule has 0 spiro atoms. The fourth-order valence-electron chi connectivity index (χ4n) is 3.12. The van der Waals surface area contributed by atoms with Crippen molar-refractivity contribution in [3.8, 4) is 0 Å². The minimum atomic E-state index is -0.295. The van der Waals surface area contributed by atoms with E-state index in [2.05, 4.69) is 15.3 Å². The SMILES string of the molecule is CC1=Nc2ccccc2N=C(NC(=O)CSc2ncccn2)C1c1ccc(Cl)cc1. The Bertz CT molecular complexity index is 1120. The van der Waals surface area contributed by atoms with Gasteiger partial charge in [0.2, 0.25) is 5.91 Å². The number of amidine groups is 1. The first-order chi connectivity index (χ1) is 14.6. The number of benzene rings is 2. The molecule has 0 bridgehead atoms. The van der Waals surface area contributed by atoms with Crippen molar-refractivity contribution >= 4 is 52.2 Å². The summed E-state index contributed by atoms with van der Waals surface area (Å²) in [5, 5.41) is 4.18. The number of aliphatic imine (C=N–C) groups is 2. The summed E-state index contributed by atoms with van der Waals surface area (Å²) in [6, 6.07) is 16.9. The first-order valence-electron chi connectivity index (χ1n) is 9.28. The van der Waals surface area contributed by atoms with Gasteiger partial charge in [-0.1, -0.05) is 47.6 Å². The lowest BCUT2D eigenvalue weighted by molar-refractivity contribution is -0.117.